The predicted molar refractivity (Wildman–Crippen MR) is 76.1 cm³/mol. The van der Waals surface area contributed by atoms with Crippen molar-refractivity contribution in [3.05, 3.63) is 34.9 Å². The molecule has 2 atom stereocenters. The first kappa shape index (κ1) is 13.9. The lowest BCUT2D eigenvalue weighted by Crippen LogP contribution is -2.44. The number of hydrogen-bond acceptors (Lipinski definition) is 2. The van der Waals surface area contributed by atoms with Crippen molar-refractivity contribution in [3.8, 4) is 0 Å². The molecule has 1 aromatic carbocycles. The van der Waals surface area contributed by atoms with Crippen LogP contribution in [0.25, 0.3) is 0 Å². The molecule has 1 fully saturated rings. The summed E-state index contributed by atoms with van der Waals surface area (Å²) in [6.07, 6.45) is 2.15. The maximum atomic E-state index is 5.91. The zero-order valence-corrected chi connectivity index (χ0v) is 12.1. The second-order valence-electron chi connectivity index (χ2n) is 5.74. The van der Waals surface area contributed by atoms with E-state index in [1.54, 1.807) is 0 Å². The molecule has 0 saturated carbocycles. The molecule has 0 amide bonds. The van der Waals surface area contributed by atoms with Crippen LogP contribution in [0, 0.1) is 0 Å². The van der Waals surface area contributed by atoms with Gasteiger partial charge in [0.25, 0.3) is 0 Å². The van der Waals surface area contributed by atoms with Crippen LogP contribution in [0.4, 0.5) is 0 Å². The number of nitrogens with one attached hydrogen (secondary N) is 1. The molecule has 18 heavy (non-hydrogen) atoms. The van der Waals surface area contributed by atoms with Gasteiger partial charge in [0.1, 0.15) is 0 Å². The summed E-state index contributed by atoms with van der Waals surface area (Å²) in [7, 11) is 0. The fraction of sp³-hybridized carbons (Fsp3) is 0.600. The third-order valence-corrected chi connectivity index (χ3v) is 3.80. The summed E-state index contributed by atoms with van der Waals surface area (Å²) in [6, 6.07) is 8.95. The summed E-state index contributed by atoms with van der Waals surface area (Å²) in [5.41, 5.74) is 1.28. The van der Waals surface area contributed by atoms with Gasteiger partial charge in [-0.3, -0.25) is 0 Å². The molecular formula is C15H22ClNO. The van der Waals surface area contributed by atoms with Crippen molar-refractivity contribution in [2.24, 2.45) is 0 Å². The van der Waals surface area contributed by atoms with Crippen molar-refractivity contribution < 1.29 is 4.74 Å². The summed E-state index contributed by atoms with van der Waals surface area (Å²) in [6.45, 7) is 7.37. The van der Waals surface area contributed by atoms with Gasteiger partial charge >= 0.3 is 0 Å². The maximum Gasteiger partial charge on any atom is 0.0641 e. The van der Waals surface area contributed by atoms with Crippen LogP contribution in [-0.2, 0) is 4.74 Å². The third kappa shape index (κ3) is 3.71. The van der Waals surface area contributed by atoms with Crippen molar-refractivity contribution in [1.29, 1.82) is 0 Å². The molecule has 2 rings (SSSR count). The fourth-order valence-electron chi connectivity index (χ4n) is 2.58. The standard InChI is InChI=1S/C15H22ClNO/c1-11(12-4-6-13(16)7-5-12)17-14-8-9-18-15(2,3)10-14/h4-7,11,14,17H,8-10H2,1-3H3/t11-,14?/m0/s1. The normalized spacial score (nSPS) is 24.8. The van der Waals surface area contributed by atoms with Crippen LogP contribution in [0.5, 0.6) is 0 Å². The van der Waals surface area contributed by atoms with E-state index in [2.05, 4.69) is 38.2 Å². The third-order valence-electron chi connectivity index (χ3n) is 3.55. The van der Waals surface area contributed by atoms with E-state index in [4.69, 9.17) is 16.3 Å². The molecule has 1 unspecified atom stereocenters. The molecule has 1 aliphatic rings. The number of rotatable bonds is 3. The highest BCUT2D eigenvalue weighted by Crippen LogP contribution is 2.26. The topological polar surface area (TPSA) is 21.3 Å². The quantitative estimate of drug-likeness (QED) is 0.895. The second-order valence-corrected chi connectivity index (χ2v) is 6.17. The average Bonchev–Trinajstić information content (AvgIpc) is 2.28. The fourth-order valence-corrected chi connectivity index (χ4v) is 2.70. The molecule has 3 heteroatoms. The molecule has 1 saturated heterocycles. The van der Waals surface area contributed by atoms with Gasteiger partial charge in [0.2, 0.25) is 0 Å². The molecule has 2 nitrogen and oxygen atoms in total. The molecule has 1 heterocycles. The molecule has 1 aliphatic heterocycles. The Morgan fingerprint density at radius 1 is 1.33 bits per heavy atom. The molecule has 0 aliphatic carbocycles. The van der Waals surface area contributed by atoms with E-state index >= 15 is 0 Å². The van der Waals surface area contributed by atoms with Crippen molar-refractivity contribution in [3.63, 3.8) is 0 Å². The Morgan fingerprint density at radius 3 is 2.61 bits per heavy atom. The van der Waals surface area contributed by atoms with Crippen molar-refractivity contribution >= 4 is 11.6 Å². The van der Waals surface area contributed by atoms with E-state index in [0.29, 0.717) is 12.1 Å². The van der Waals surface area contributed by atoms with E-state index in [1.165, 1.54) is 5.56 Å². The molecule has 0 radical (unpaired) electrons. The smallest absolute Gasteiger partial charge is 0.0641 e. The van der Waals surface area contributed by atoms with Crippen LogP contribution in [0.2, 0.25) is 5.02 Å². The molecule has 100 valence electrons. The maximum absolute atomic E-state index is 5.91. The van der Waals surface area contributed by atoms with Crippen LogP contribution < -0.4 is 5.32 Å². The summed E-state index contributed by atoms with van der Waals surface area (Å²) >= 11 is 5.91. The highest BCUT2D eigenvalue weighted by atomic mass is 35.5. The Labute approximate surface area is 115 Å². The second kappa shape index (κ2) is 5.60. The van der Waals surface area contributed by atoms with Gasteiger partial charge in [0.05, 0.1) is 5.60 Å². The van der Waals surface area contributed by atoms with E-state index < -0.39 is 0 Å². The first-order valence-electron chi connectivity index (χ1n) is 6.62. The Morgan fingerprint density at radius 2 is 2.00 bits per heavy atom. The van der Waals surface area contributed by atoms with Crippen LogP contribution in [-0.4, -0.2) is 18.2 Å². The molecular weight excluding hydrogens is 246 g/mol. The minimum absolute atomic E-state index is 0.00433. The Hall–Kier alpha value is -0.570. The Bertz CT molecular complexity index is 388. The number of hydrogen-bond donors (Lipinski definition) is 1. The lowest BCUT2D eigenvalue weighted by molar-refractivity contribution is -0.0639. The largest absolute Gasteiger partial charge is 0.375 e. The van der Waals surface area contributed by atoms with E-state index in [0.717, 1.165) is 24.5 Å². The summed E-state index contributed by atoms with van der Waals surface area (Å²) < 4.78 is 5.74. The zero-order valence-electron chi connectivity index (χ0n) is 11.4. The van der Waals surface area contributed by atoms with E-state index in [-0.39, 0.29) is 5.60 Å². The zero-order chi connectivity index (χ0) is 13.2. The molecule has 1 N–H and O–H groups in total. The SMILES string of the molecule is C[C@H](NC1CCOC(C)(C)C1)c1ccc(Cl)cc1. The highest BCUT2D eigenvalue weighted by molar-refractivity contribution is 6.30. The molecule has 0 spiro atoms. The van der Waals surface area contributed by atoms with Gasteiger partial charge in [0, 0.05) is 23.7 Å². The van der Waals surface area contributed by atoms with Crippen molar-refractivity contribution in [2.75, 3.05) is 6.61 Å². The van der Waals surface area contributed by atoms with Crippen LogP contribution in [0.3, 0.4) is 0 Å². The number of halogens is 1. The van der Waals surface area contributed by atoms with Crippen LogP contribution >= 0.6 is 11.6 Å². The van der Waals surface area contributed by atoms with Gasteiger partial charge in [-0.15, -0.1) is 0 Å². The van der Waals surface area contributed by atoms with Crippen molar-refractivity contribution in [1.82, 2.24) is 5.32 Å². The van der Waals surface area contributed by atoms with E-state index in [1.807, 2.05) is 12.1 Å². The van der Waals surface area contributed by atoms with Gasteiger partial charge in [-0.25, -0.2) is 0 Å². The Balaban J connectivity index is 1.94. The first-order valence-corrected chi connectivity index (χ1v) is 6.99. The predicted octanol–water partition coefficient (Wildman–Crippen LogP) is 3.95. The van der Waals surface area contributed by atoms with E-state index in [9.17, 15) is 0 Å². The average molecular weight is 268 g/mol. The first-order chi connectivity index (χ1) is 8.46. The van der Waals surface area contributed by atoms with Gasteiger partial charge in [-0.05, 0) is 51.3 Å². The summed E-state index contributed by atoms with van der Waals surface area (Å²) in [5, 5.41) is 4.48. The van der Waals surface area contributed by atoms with Gasteiger partial charge < -0.3 is 10.1 Å². The summed E-state index contributed by atoms with van der Waals surface area (Å²) in [4.78, 5) is 0. The minimum Gasteiger partial charge on any atom is -0.375 e. The van der Waals surface area contributed by atoms with Gasteiger partial charge in [-0.2, -0.15) is 0 Å². The number of ether oxygens (including phenoxy) is 1. The van der Waals surface area contributed by atoms with Crippen LogP contribution in [0.1, 0.15) is 45.2 Å². The monoisotopic (exact) mass is 267 g/mol. The molecule has 1 aromatic rings. The highest BCUT2D eigenvalue weighted by Gasteiger charge is 2.29. The van der Waals surface area contributed by atoms with Crippen LogP contribution in [0.15, 0.2) is 24.3 Å². The lowest BCUT2D eigenvalue weighted by atomic mass is 9.93. The molecule has 0 aromatic heterocycles. The van der Waals surface area contributed by atoms with Crippen molar-refractivity contribution in [2.45, 2.75) is 51.3 Å². The summed E-state index contributed by atoms with van der Waals surface area (Å²) in [5.74, 6) is 0. The minimum atomic E-state index is -0.00433. The number of benzene rings is 1. The van der Waals surface area contributed by atoms with Gasteiger partial charge in [-0.1, -0.05) is 23.7 Å². The Kier molecular flexibility index (Phi) is 4.31. The lowest BCUT2D eigenvalue weighted by Gasteiger charge is -2.37. The van der Waals surface area contributed by atoms with Gasteiger partial charge in [0.15, 0.2) is 0 Å². The molecule has 0 bridgehead atoms.